The molecule has 0 radical (unpaired) electrons. The van der Waals surface area contributed by atoms with Gasteiger partial charge in [0.1, 0.15) is 6.10 Å². The molecule has 0 spiro atoms. The molecule has 0 N–H and O–H groups in total. The number of carbonyl (C=O) groups is 1. The molecule has 0 bridgehead atoms. The van der Waals surface area contributed by atoms with Crippen molar-refractivity contribution >= 4 is 5.97 Å². The van der Waals surface area contributed by atoms with Crippen molar-refractivity contribution in [3.8, 4) is 0 Å². The Balaban J connectivity index is 1.45. The van der Waals surface area contributed by atoms with Crippen LogP contribution in [0.1, 0.15) is 31.2 Å². The van der Waals surface area contributed by atoms with Crippen molar-refractivity contribution in [2.75, 3.05) is 6.61 Å². The first-order chi connectivity index (χ1) is 8.34. The van der Waals surface area contributed by atoms with E-state index >= 15 is 0 Å². The van der Waals surface area contributed by atoms with Crippen molar-refractivity contribution < 1.29 is 14.3 Å². The second-order valence-corrected chi connectivity index (χ2v) is 4.35. The van der Waals surface area contributed by atoms with Crippen LogP contribution in [0.15, 0.2) is 30.3 Å². The SMILES string of the molecule is O=C1CC(CCCCOCc2ccccc2)O1. The summed E-state index contributed by atoms with van der Waals surface area (Å²) in [6.45, 7) is 1.45. The highest BCUT2D eigenvalue weighted by Gasteiger charge is 2.27. The minimum Gasteiger partial charge on any atom is -0.462 e. The highest BCUT2D eigenvalue weighted by molar-refractivity contribution is 5.75. The first-order valence-corrected chi connectivity index (χ1v) is 6.16. The van der Waals surface area contributed by atoms with Crippen molar-refractivity contribution in [2.45, 2.75) is 38.4 Å². The first kappa shape index (κ1) is 12.1. The van der Waals surface area contributed by atoms with E-state index < -0.39 is 0 Å². The van der Waals surface area contributed by atoms with Gasteiger partial charge >= 0.3 is 5.97 Å². The molecular formula is C14H18O3. The second kappa shape index (κ2) is 6.40. The average Bonchev–Trinajstić information content (AvgIpc) is 2.32. The van der Waals surface area contributed by atoms with E-state index in [1.54, 1.807) is 0 Å². The van der Waals surface area contributed by atoms with Crippen LogP contribution in [-0.2, 0) is 20.9 Å². The third-order valence-electron chi connectivity index (χ3n) is 2.87. The van der Waals surface area contributed by atoms with Crippen LogP contribution in [-0.4, -0.2) is 18.7 Å². The predicted molar refractivity (Wildman–Crippen MR) is 64.4 cm³/mol. The van der Waals surface area contributed by atoms with Crippen molar-refractivity contribution in [1.82, 2.24) is 0 Å². The third-order valence-corrected chi connectivity index (χ3v) is 2.87. The maximum Gasteiger partial charge on any atom is 0.309 e. The summed E-state index contributed by atoms with van der Waals surface area (Å²) in [5.41, 5.74) is 1.21. The fraction of sp³-hybridized carbons (Fsp3) is 0.500. The number of hydrogen-bond acceptors (Lipinski definition) is 3. The average molecular weight is 234 g/mol. The fourth-order valence-electron chi connectivity index (χ4n) is 1.86. The van der Waals surface area contributed by atoms with Gasteiger partial charge in [0, 0.05) is 6.61 Å². The molecule has 0 saturated carbocycles. The second-order valence-electron chi connectivity index (χ2n) is 4.35. The van der Waals surface area contributed by atoms with Crippen LogP contribution in [0.5, 0.6) is 0 Å². The molecule has 1 fully saturated rings. The molecule has 1 aromatic carbocycles. The van der Waals surface area contributed by atoms with Crippen LogP contribution in [0.2, 0.25) is 0 Å². The van der Waals surface area contributed by atoms with Crippen molar-refractivity contribution in [1.29, 1.82) is 0 Å². The zero-order valence-electron chi connectivity index (χ0n) is 9.93. The van der Waals surface area contributed by atoms with Crippen LogP contribution in [0.4, 0.5) is 0 Å². The highest BCUT2D eigenvalue weighted by atomic mass is 16.6. The summed E-state index contributed by atoms with van der Waals surface area (Å²) >= 11 is 0. The van der Waals surface area contributed by atoms with Crippen molar-refractivity contribution in [3.63, 3.8) is 0 Å². The number of carbonyl (C=O) groups excluding carboxylic acids is 1. The van der Waals surface area contributed by atoms with Gasteiger partial charge in [0.15, 0.2) is 0 Å². The van der Waals surface area contributed by atoms with E-state index in [4.69, 9.17) is 9.47 Å². The van der Waals surface area contributed by atoms with Crippen molar-refractivity contribution in [3.05, 3.63) is 35.9 Å². The summed E-state index contributed by atoms with van der Waals surface area (Å²) in [5, 5.41) is 0. The molecule has 1 saturated heterocycles. The van der Waals surface area contributed by atoms with Gasteiger partial charge in [-0.3, -0.25) is 4.79 Å². The molecular weight excluding hydrogens is 216 g/mol. The van der Waals surface area contributed by atoms with Crippen LogP contribution < -0.4 is 0 Å². The molecule has 0 aromatic heterocycles. The summed E-state index contributed by atoms with van der Waals surface area (Å²) in [6, 6.07) is 10.2. The molecule has 2 rings (SSSR count). The molecule has 1 aliphatic rings. The summed E-state index contributed by atoms with van der Waals surface area (Å²) in [7, 11) is 0. The van der Waals surface area contributed by atoms with Crippen molar-refractivity contribution in [2.24, 2.45) is 0 Å². The number of unbranched alkanes of at least 4 members (excludes halogenated alkanes) is 1. The molecule has 0 aliphatic carbocycles. The lowest BCUT2D eigenvalue weighted by molar-refractivity contribution is -0.169. The van der Waals surface area contributed by atoms with Crippen LogP contribution in [0, 0.1) is 0 Å². The lowest BCUT2D eigenvalue weighted by Gasteiger charge is -2.25. The number of esters is 1. The monoisotopic (exact) mass is 234 g/mol. The Labute approximate surface area is 102 Å². The fourth-order valence-corrected chi connectivity index (χ4v) is 1.86. The summed E-state index contributed by atoms with van der Waals surface area (Å²) in [6.07, 6.45) is 3.84. The predicted octanol–water partition coefficient (Wildman–Crippen LogP) is 2.69. The minimum atomic E-state index is -0.0599. The smallest absolute Gasteiger partial charge is 0.309 e. The number of benzene rings is 1. The molecule has 1 heterocycles. The summed E-state index contributed by atoms with van der Waals surface area (Å²) in [5.74, 6) is -0.0599. The Bertz CT molecular complexity index is 340. The highest BCUT2D eigenvalue weighted by Crippen LogP contribution is 2.18. The Morgan fingerprint density at radius 1 is 1.24 bits per heavy atom. The molecule has 3 nitrogen and oxygen atoms in total. The number of cyclic esters (lactones) is 1. The molecule has 92 valence electrons. The first-order valence-electron chi connectivity index (χ1n) is 6.16. The van der Waals surface area contributed by atoms with Gasteiger partial charge in [-0.1, -0.05) is 30.3 Å². The van der Waals surface area contributed by atoms with Gasteiger partial charge in [0.2, 0.25) is 0 Å². The van der Waals surface area contributed by atoms with Gasteiger partial charge in [-0.15, -0.1) is 0 Å². The normalized spacial score (nSPS) is 18.6. The zero-order chi connectivity index (χ0) is 11.9. The third kappa shape index (κ3) is 4.19. The number of rotatable bonds is 7. The van der Waals surface area contributed by atoms with Crippen LogP contribution in [0.25, 0.3) is 0 Å². The van der Waals surface area contributed by atoms with Gasteiger partial charge in [-0.25, -0.2) is 0 Å². The maximum atomic E-state index is 10.6. The molecule has 17 heavy (non-hydrogen) atoms. The molecule has 3 heteroatoms. The van der Waals surface area contributed by atoms with E-state index in [9.17, 15) is 4.79 Å². The molecule has 1 unspecified atom stereocenters. The van der Waals surface area contributed by atoms with Gasteiger partial charge in [-0.05, 0) is 24.8 Å². The van der Waals surface area contributed by atoms with Crippen LogP contribution in [0.3, 0.4) is 0 Å². The van der Waals surface area contributed by atoms with Gasteiger partial charge in [0.25, 0.3) is 0 Å². The molecule has 1 aromatic rings. The van der Waals surface area contributed by atoms with Crippen LogP contribution >= 0.6 is 0 Å². The molecule has 1 atom stereocenters. The van der Waals surface area contributed by atoms with E-state index in [-0.39, 0.29) is 12.1 Å². The molecule has 0 amide bonds. The number of hydrogen-bond donors (Lipinski definition) is 0. The number of ether oxygens (including phenoxy) is 2. The van der Waals surface area contributed by atoms with Gasteiger partial charge in [0.05, 0.1) is 13.0 Å². The Morgan fingerprint density at radius 3 is 2.71 bits per heavy atom. The largest absolute Gasteiger partial charge is 0.462 e. The van der Waals surface area contributed by atoms with E-state index in [0.29, 0.717) is 13.0 Å². The van der Waals surface area contributed by atoms with Gasteiger partial charge in [-0.2, -0.15) is 0 Å². The quantitative estimate of drug-likeness (QED) is 0.537. The van der Waals surface area contributed by atoms with E-state index in [1.807, 2.05) is 18.2 Å². The minimum absolute atomic E-state index is 0.0599. The lowest BCUT2D eigenvalue weighted by atomic mass is 10.1. The Morgan fingerprint density at radius 2 is 2.00 bits per heavy atom. The Hall–Kier alpha value is -1.35. The lowest BCUT2D eigenvalue weighted by Crippen LogP contribution is -2.32. The van der Waals surface area contributed by atoms with Gasteiger partial charge < -0.3 is 9.47 Å². The maximum absolute atomic E-state index is 10.6. The standard InChI is InChI=1S/C14H18O3/c15-14-10-13(17-14)8-4-5-9-16-11-12-6-2-1-3-7-12/h1-3,6-7,13H,4-5,8-11H2. The zero-order valence-corrected chi connectivity index (χ0v) is 9.93. The topological polar surface area (TPSA) is 35.5 Å². The summed E-state index contributed by atoms with van der Waals surface area (Å²) < 4.78 is 10.5. The summed E-state index contributed by atoms with van der Waals surface area (Å²) in [4.78, 5) is 10.6. The molecule has 1 aliphatic heterocycles. The Kier molecular flexibility index (Phi) is 4.56. The van der Waals surface area contributed by atoms with E-state index in [2.05, 4.69) is 12.1 Å². The van der Waals surface area contributed by atoms with E-state index in [1.165, 1.54) is 5.56 Å². The van der Waals surface area contributed by atoms with E-state index in [0.717, 1.165) is 25.9 Å².